The fourth-order valence-corrected chi connectivity index (χ4v) is 2.36. The summed E-state index contributed by atoms with van der Waals surface area (Å²) in [5.74, 6) is -2.22. The number of aliphatic hydroxyl groups is 2. The van der Waals surface area contributed by atoms with Gasteiger partial charge in [-0.3, -0.25) is 14.7 Å². The molecule has 0 aliphatic rings. The zero-order chi connectivity index (χ0) is 27.2. The third-order valence-electron chi connectivity index (χ3n) is 2.70. The maximum absolute atomic E-state index is 10.7. The highest BCUT2D eigenvalue weighted by atomic mass is 35.5. The number of carboxylic acid groups (broad SMARTS) is 2. The number of ether oxygens (including phenoxy) is 2. The number of nitrogens with two attached hydrogens (primary N) is 2. The summed E-state index contributed by atoms with van der Waals surface area (Å²) in [6.07, 6.45) is -0.598. The number of benzene rings is 1. The predicted molar refractivity (Wildman–Crippen MR) is 126 cm³/mol. The summed E-state index contributed by atoms with van der Waals surface area (Å²) in [5, 5.41) is 35.0. The fraction of sp³-hybridized carbons (Fsp3) is 0.529. The number of aromatic carboxylic acids is 1. The van der Waals surface area contributed by atoms with Crippen molar-refractivity contribution in [2.45, 2.75) is 0 Å². The number of carbonyl (C=O) groups is 2. The highest BCUT2D eigenvalue weighted by Crippen LogP contribution is 2.33. The first-order chi connectivity index (χ1) is 15.8. The third kappa shape index (κ3) is 23.6. The predicted octanol–water partition coefficient (Wildman–Crippen LogP) is -0.613. The van der Waals surface area contributed by atoms with E-state index in [9.17, 15) is 14.2 Å². The molecule has 1 rings (SSSR count). The van der Waals surface area contributed by atoms with Gasteiger partial charge in [0.05, 0.1) is 56.4 Å². The van der Waals surface area contributed by atoms with Gasteiger partial charge in [-0.2, -0.15) is 0 Å². The van der Waals surface area contributed by atoms with Crippen molar-refractivity contribution in [2.75, 3.05) is 59.5 Å². The van der Waals surface area contributed by atoms with Crippen LogP contribution in [-0.4, -0.2) is 102 Å². The lowest BCUT2D eigenvalue weighted by atomic mass is 10.2. The Morgan fingerprint density at radius 2 is 1.56 bits per heavy atom. The van der Waals surface area contributed by atoms with Crippen molar-refractivity contribution in [1.29, 1.82) is 0 Å². The molecule has 0 amide bonds. The molecule has 0 atom stereocenters. The van der Waals surface area contributed by atoms with Crippen LogP contribution < -0.4 is 21.5 Å². The van der Waals surface area contributed by atoms with Crippen LogP contribution in [0.2, 0.25) is 10.0 Å². The van der Waals surface area contributed by atoms with Crippen LogP contribution in [0.4, 0.5) is 0 Å². The van der Waals surface area contributed by atoms with E-state index in [4.69, 9.17) is 74.4 Å². The second kappa shape index (κ2) is 23.2. The quantitative estimate of drug-likeness (QED) is 0.122. The van der Waals surface area contributed by atoms with Crippen LogP contribution in [0.1, 0.15) is 10.4 Å². The summed E-state index contributed by atoms with van der Waals surface area (Å²) in [6.45, 7) is 1.59. The Kier molecular flexibility index (Phi) is 25.3. The normalized spacial score (nSPS) is 9.91. The number of aliphatic hydroxyl groups excluding tert-OH is 2. The SMILES string of the molecule is COc1c(Cl)ccc(Cl)c1C(=O)O.NCCO.NCCOCCO.O=C(O)CNCP(=O)(O)O. The first-order valence-electron chi connectivity index (χ1n) is 9.24. The molecule has 0 aromatic heterocycles. The molecule has 11 N–H and O–H groups in total. The van der Waals surface area contributed by atoms with E-state index in [2.05, 4.69) is 5.32 Å². The van der Waals surface area contributed by atoms with Gasteiger partial charge in [0.15, 0.2) is 5.75 Å². The molecule has 0 saturated carbocycles. The molecule has 200 valence electrons. The van der Waals surface area contributed by atoms with E-state index in [1.165, 1.54) is 19.2 Å². The number of rotatable bonds is 11. The van der Waals surface area contributed by atoms with Crippen molar-refractivity contribution in [1.82, 2.24) is 5.32 Å². The van der Waals surface area contributed by atoms with Crippen LogP contribution in [0, 0.1) is 0 Å². The lowest BCUT2D eigenvalue weighted by Crippen LogP contribution is -2.23. The van der Waals surface area contributed by atoms with Crippen LogP contribution >= 0.6 is 30.8 Å². The van der Waals surface area contributed by atoms with E-state index in [1.807, 2.05) is 0 Å². The van der Waals surface area contributed by atoms with Crippen LogP contribution in [0.15, 0.2) is 12.1 Å². The number of methoxy groups -OCH3 is 1. The highest BCUT2D eigenvalue weighted by Gasteiger charge is 2.18. The van der Waals surface area contributed by atoms with Crippen molar-refractivity contribution in [3.8, 4) is 5.75 Å². The maximum Gasteiger partial charge on any atom is 0.341 e. The molecular weight excluding hydrogens is 524 g/mol. The summed E-state index contributed by atoms with van der Waals surface area (Å²) in [6, 6.07) is 2.89. The molecule has 17 heteroatoms. The average molecular weight is 556 g/mol. The van der Waals surface area contributed by atoms with Gasteiger partial charge in [0, 0.05) is 13.1 Å². The molecular formula is C17H32Cl2N3O11P. The Labute approximate surface area is 206 Å². The van der Waals surface area contributed by atoms with Crippen molar-refractivity contribution in [3.63, 3.8) is 0 Å². The van der Waals surface area contributed by atoms with Gasteiger partial charge in [-0.05, 0) is 12.1 Å². The molecule has 0 fully saturated rings. The molecule has 0 bridgehead atoms. The molecule has 0 saturated heterocycles. The van der Waals surface area contributed by atoms with Gasteiger partial charge in [-0.25, -0.2) is 4.79 Å². The van der Waals surface area contributed by atoms with Gasteiger partial charge in [0.25, 0.3) is 0 Å². The molecule has 0 aliphatic heterocycles. The minimum Gasteiger partial charge on any atom is -0.494 e. The first kappa shape index (κ1) is 37.0. The number of aliphatic carboxylic acids is 1. The van der Waals surface area contributed by atoms with Gasteiger partial charge in [-0.15, -0.1) is 0 Å². The lowest BCUT2D eigenvalue weighted by molar-refractivity contribution is -0.135. The van der Waals surface area contributed by atoms with Crippen LogP contribution in [0.25, 0.3) is 0 Å². The highest BCUT2D eigenvalue weighted by molar-refractivity contribution is 7.51. The molecule has 0 heterocycles. The first-order valence-corrected chi connectivity index (χ1v) is 11.8. The van der Waals surface area contributed by atoms with Crippen molar-refractivity contribution in [2.24, 2.45) is 11.5 Å². The van der Waals surface area contributed by atoms with E-state index in [-0.39, 0.29) is 34.6 Å². The van der Waals surface area contributed by atoms with Crippen molar-refractivity contribution < 1.29 is 53.8 Å². The summed E-state index contributed by atoms with van der Waals surface area (Å²) in [4.78, 5) is 36.9. The Morgan fingerprint density at radius 1 is 1.03 bits per heavy atom. The maximum atomic E-state index is 10.7. The van der Waals surface area contributed by atoms with Crippen LogP contribution in [-0.2, 0) is 14.1 Å². The number of hydrogen-bond acceptors (Lipinski definition) is 10. The smallest absolute Gasteiger partial charge is 0.341 e. The fourth-order valence-electron chi connectivity index (χ4n) is 1.49. The van der Waals surface area contributed by atoms with Gasteiger partial charge >= 0.3 is 19.5 Å². The molecule has 34 heavy (non-hydrogen) atoms. The number of hydrogen-bond donors (Lipinski definition) is 9. The van der Waals surface area contributed by atoms with Crippen molar-refractivity contribution >= 4 is 42.7 Å². The van der Waals surface area contributed by atoms with Crippen LogP contribution in [0.5, 0.6) is 5.75 Å². The van der Waals surface area contributed by atoms with Crippen LogP contribution in [0.3, 0.4) is 0 Å². The molecule has 0 unspecified atom stereocenters. The standard InChI is InChI=1S/C8H6Cl2O3.C4H11NO2.C3H8NO5P.C2H7NO/c1-13-7-5(10)3-2-4(9)6(7)8(11)12;5-1-3-7-4-2-6;5-3(6)1-4-2-10(7,8)9;3-1-2-4/h2-3H,1H3,(H,11,12);6H,1-5H2;4H,1-2H2,(H,5,6)(H2,7,8,9);4H,1-3H2. The molecule has 1 aromatic rings. The Morgan fingerprint density at radius 3 is 1.88 bits per heavy atom. The topological polar surface area (TPSA) is 255 Å². The van der Waals surface area contributed by atoms with E-state index < -0.39 is 32.4 Å². The Balaban J connectivity index is -0.000000408. The van der Waals surface area contributed by atoms with E-state index in [1.54, 1.807) is 0 Å². The zero-order valence-corrected chi connectivity index (χ0v) is 20.8. The largest absolute Gasteiger partial charge is 0.494 e. The Bertz CT molecular complexity index is 733. The van der Waals surface area contributed by atoms with Crippen molar-refractivity contribution in [3.05, 3.63) is 27.7 Å². The third-order valence-corrected chi connectivity index (χ3v) is 3.95. The number of halogens is 2. The molecule has 0 radical (unpaired) electrons. The average Bonchev–Trinajstić information content (AvgIpc) is 2.75. The molecule has 1 aromatic carbocycles. The number of carboxylic acids is 2. The summed E-state index contributed by atoms with van der Waals surface area (Å²) in [5.41, 5.74) is 9.73. The minimum atomic E-state index is -4.10. The molecule has 0 aliphatic carbocycles. The Hall–Kier alpha value is -1.55. The molecule has 0 spiro atoms. The van der Waals surface area contributed by atoms with Gasteiger partial charge in [0.2, 0.25) is 0 Å². The summed E-state index contributed by atoms with van der Waals surface area (Å²) < 4.78 is 19.6. The minimum absolute atomic E-state index is 0.0833. The summed E-state index contributed by atoms with van der Waals surface area (Å²) in [7, 11) is -2.76. The summed E-state index contributed by atoms with van der Waals surface area (Å²) >= 11 is 11.4. The molecule has 14 nitrogen and oxygen atoms in total. The monoisotopic (exact) mass is 555 g/mol. The zero-order valence-electron chi connectivity index (χ0n) is 18.4. The van der Waals surface area contributed by atoms with Gasteiger partial charge in [-0.1, -0.05) is 23.2 Å². The van der Waals surface area contributed by atoms with Gasteiger partial charge < -0.3 is 51.2 Å². The second-order valence-electron chi connectivity index (χ2n) is 5.52. The van der Waals surface area contributed by atoms with E-state index >= 15 is 0 Å². The number of nitrogens with one attached hydrogen (secondary N) is 1. The van der Waals surface area contributed by atoms with E-state index in [0.29, 0.717) is 26.3 Å². The van der Waals surface area contributed by atoms with Gasteiger partial charge in [0.1, 0.15) is 5.56 Å². The lowest BCUT2D eigenvalue weighted by Gasteiger charge is -2.07. The second-order valence-corrected chi connectivity index (χ2v) is 7.98. The van der Waals surface area contributed by atoms with E-state index in [0.717, 1.165) is 0 Å².